The minimum Gasteiger partial charge on any atom is -0.444 e. The van der Waals surface area contributed by atoms with Gasteiger partial charge in [-0.2, -0.15) is 0 Å². The Hall–Kier alpha value is -1.47. The molecule has 6 nitrogen and oxygen atoms in total. The van der Waals surface area contributed by atoms with E-state index in [9.17, 15) is 4.79 Å². The number of anilines is 1. The van der Waals surface area contributed by atoms with Gasteiger partial charge in [-0.25, -0.2) is 9.78 Å². The third kappa shape index (κ3) is 6.57. The van der Waals surface area contributed by atoms with Crippen LogP contribution in [-0.4, -0.2) is 39.7 Å². The van der Waals surface area contributed by atoms with Crippen LogP contribution in [0.15, 0.2) is 23.2 Å². The minimum atomic E-state index is -0.465. The molecule has 152 valence electrons. The third-order valence-corrected chi connectivity index (χ3v) is 5.28. The quantitative estimate of drug-likeness (QED) is 0.510. The molecule has 7 heteroatoms. The van der Waals surface area contributed by atoms with Gasteiger partial charge < -0.3 is 15.0 Å². The van der Waals surface area contributed by atoms with Gasteiger partial charge in [0, 0.05) is 18.1 Å². The molecule has 1 saturated heterocycles. The van der Waals surface area contributed by atoms with Gasteiger partial charge in [-0.05, 0) is 90.8 Å². The number of amides is 1. The Labute approximate surface area is 167 Å². The zero-order valence-electron chi connectivity index (χ0n) is 17.2. The van der Waals surface area contributed by atoms with Gasteiger partial charge in [-0.1, -0.05) is 6.07 Å². The maximum atomic E-state index is 12.7. The molecule has 3 N–H and O–H groups in total. The van der Waals surface area contributed by atoms with Crippen LogP contribution in [0.2, 0.25) is 0 Å². The predicted octanol–water partition coefficient (Wildman–Crippen LogP) is 4.81. The van der Waals surface area contributed by atoms with E-state index < -0.39 is 5.60 Å². The number of hydrogen-bond acceptors (Lipinski definition) is 6. The van der Waals surface area contributed by atoms with Crippen molar-refractivity contribution in [2.24, 2.45) is 5.14 Å². The van der Waals surface area contributed by atoms with Crippen molar-refractivity contribution >= 4 is 23.9 Å². The van der Waals surface area contributed by atoms with Crippen LogP contribution >= 0.6 is 11.9 Å². The number of ether oxygens (including phenoxy) is 1. The molecule has 0 aliphatic carbocycles. The fourth-order valence-corrected chi connectivity index (χ4v) is 3.85. The normalized spacial score (nSPS) is 19.2. The van der Waals surface area contributed by atoms with Crippen molar-refractivity contribution in [3.8, 4) is 0 Å². The lowest BCUT2D eigenvalue weighted by atomic mass is 10.0. The molecule has 0 spiro atoms. The monoisotopic (exact) mass is 394 g/mol. The Balaban J connectivity index is 1.80. The van der Waals surface area contributed by atoms with Gasteiger partial charge in [0.1, 0.15) is 16.4 Å². The molecule has 1 aliphatic rings. The number of carbonyl (C=O) groups excluding carboxylic acids is 1. The molecule has 1 aromatic heterocycles. The van der Waals surface area contributed by atoms with Gasteiger partial charge >= 0.3 is 6.09 Å². The van der Waals surface area contributed by atoms with Gasteiger partial charge in [-0.15, -0.1) is 0 Å². The van der Waals surface area contributed by atoms with Gasteiger partial charge in [0.05, 0.1) is 0 Å². The molecule has 0 bridgehead atoms. The first-order valence-corrected chi connectivity index (χ1v) is 10.6. The summed E-state index contributed by atoms with van der Waals surface area (Å²) < 4.78 is 5.65. The Morgan fingerprint density at radius 3 is 2.81 bits per heavy atom. The molecule has 2 rings (SSSR count). The molecule has 1 atom stereocenters. The molecule has 2 heterocycles. The highest BCUT2D eigenvalue weighted by molar-refractivity contribution is 7.97. The number of unbranched alkanes of at least 4 members (excludes halogenated alkanes) is 1. The topological polar surface area (TPSA) is 80.5 Å². The zero-order chi connectivity index (χ0) is 20.1. The maximum absolute atomic E-state index is 12.7. The van der Waals surface area contributed by atoms with Crippen LogP contribution in [0.25, 0.3) is 0 Å². The summed E-state index contributed by atoms with van der Waals surface area (Å²) in [6.07, 6.45) is 4.95. The minimum absolute atomic E-state index is 0.143. The average molecular weight is 395 g/mol. The second-order valence-corrected chi connectivity index (χ2v) is 9.41. The van der Waals surface area contributed by atoms with Gasteiger partial charge in [0.25, 0.3) is 0 Å². The number of likely N-dealkylation sites (tertiary alicyclic amines) is 1. The molecule has 1 aliphatic heterocycles. The number of carbonyl (C=O) groups is 1. The zero-order valence-corrected chi connectivity index (χ0v) is 18.1. The summed E-state index contributed by atoms with van der Waals surface area (Å²) in [5.41, 5.74) is -0.608. The first-order chi connectivity index (χ1) is 12.6. The van der Waals surface area contributed by atoms with E-state index >= 15 is 0 Å². The number of hydrogen-bond donors (Lipinski definition) is 2. The van der Waals surface area contributed by atoms with E-state index in [4.69, 9.17) is 9.88 Å². The molecular formula is C20H34N4O2S. The van der Waals surface area contributed by atoms with Crippen LogP contribution in [0.3, 0.4) is 0 Å². The number of nitrogens with zero attached hydrogens (tertiary/aromatic N) is 2. The van der Waals surface area contributed by atoms with Crippen LogP contribution in [0.4, 0.5) is 10.6 Å². The molecule has 0 radical (unpaired) electrons. The van der Waals surface area contributed by atoms with Gasteiger partial charge in [-0.3, -0.25) is 5.14 Å². The molecule has 1 aromatic rings. The van der Waals surface area contributed by atoms with Crippen LogP contribution in [0, 0.1) is 0 Å². The maximum Gasteiger partial charge on any atom is 0.410 e. The van der Waals surface area contributed by atoms with Crippen LogP contribution in [-0.2, 0) is 4.74 Å². The first-order valence-electron chi connectivity index (χ1n) is 9.72. The highest BCUT2D eigenvalue weighted by Gasteiger charge is 2.43. The Morgan fingerprint density at radius 1 is 1.41 bits per heavy atom. The van der Waals surface area contributed by atoms with E-state index in [1.165, 1.54) is 0 Å². The summed E-state index contributed by atoms with van der Waals surface area (Å²) in [5.74, 6) is 0.850. The van der Waals surface area contributed by atoms with Crippen LogP contribution < -0.4 is 10.5 Å². The Morgan fingerprint density at radius 2 is 2.15 bits per heavy atom. The van der Waals surface area contributed by atoms with Crippen molar-refractivity contribution in [2.45, 2.75) is 88.9 Å². The molecular weight excluding hydrogens is 360 g/mol. The smallest absolute Gasteiger partial charge is 0.410 e. The van der Waals surface area contributed by atoms with Crippen molar-refractivity contribution in [3.63, 3.8) is 0 Å². The van der Waals surface area contributed by atoms with Gasteiger partial charge in [0.15, 0.2) is 0 Å². The van der Waals surface area contributed by atoms with Crippen molar-refractivity contribution in [1.29, 1.82) is 0 Å². The Kier molecular flexibility index (Phi) is 7.40. The fourth-order valence-electron chi connectivity index (χ4n) is 3.54. The van der Waals surface area contributed by atoms with Crippen LogP contribution in [0.5, 0.6) is 0 Å². The Bertz CT molecular complexity index is 631. The largest absolute Gasteiger partial charge is 0.444 e. The van der Waals surface area contributed by atoms with E-state index in [2.05, 4.69) is 24.1 Å². The van der Waals surface area contributed by atoms with E-state index in [-0.39, 0.29) is 17.7 Å². The third-order valence-electron chi connectivity index (χ3n) is 4.81. The number of nitrogens with one attached hydrogen (secondary N) is 1. The number of aromatic nitrogens is 1. The molecule has 1 fully saturated rings. The van der Waals surface area contributed by atoms with E-state index in [0.29, 0.717) is 0 Å². The van der Waals surface area contributed by atoms with E-state index in [1.807, 2.05) is 43.9 Å². The summed E-state index contributed by atoms with van der Waals surface area (Å²) >= 11 is 1.15. The summed E-state index contributed by atoms with van der Waals surface area (Å²) in [4.78, 5) is 19.1. The van der Waals surface area contributed by atoms with E-state index in [0.717, 1.165) is 61.4 Å². The van der Waals surface area contributed by atoms with Crippen molar-refractivity contribution in [1.82, 2.24) is 9.88 Å². The second-order valence-electron chi connectivity index (χ2n) is 8.76. The summed E-state index contributed by atoms with van der Waals surface area (Å²) in [6, 6.07) is 6.04. The highest BCUT2D eigenvalue weighted by atomic mass is 32.2. The van der Waals surface area contributed by atoms with Crippen molar-refractivity contribution in [3.05, 3.63) is 18.2 Å². The lowest BCUT2D eigenvalue weighted by Gasteiger charge is -2.37. The second kappa shape index (κ2) is 9.15. The SMILES string of the molecule is CC(C)(C)OC(=O)N1C(CCCCNc2cccc(SN)n2)CCC1(C)C. The lowest BCUT2D eigenvalue weighted by Crippen LogP contribution is -2.49. The molecule has 27 heavy (non-hydrogen) atoms. The standard InChI is InChI=1S/C20H34N4O2S/c1-19(2,3)26-18(25)24-15(12-13-20(24,4)5)9-6-7-14-22-16-10-8-11-17(23-16)27-21/h8,10-11,15H,6-7,9,12-14,21H2,1-5H3,(H,22,23). The number of pyridine rings is 1. The summed E-state index contributed by atoms with van der Waals surface area (Å²) in [6.45, 7) is 10.9. The van der Waals surface area contributed by atoms with Gasteiger partial charge in [0.2, 0.25) is 0 Å². The van der Waals surface area contributed by atoms with Crippen molar-refractivity contribution < 1.29 is 9.53 Å². The molecule has 0 aromatic carbocycles. The number of rotatable bonds is 7. The molecule has 1 amide bonds. The average Bonchev–Trinajstić information content (AvgIpc) is 2.88. The highest BCUT2D eigenvalue weighted by Crippen LogP contribution is 2.36. The van der Waals surface area contributed by atoms with Crippen LogP contribution in [0.1, 0.15) is 66.7 Å². The lowest BCUT2D eigenvalue weighted by molar-refractivity contribution is 0.00285. The molecule has 1 unspecified atom stereocenters. The van der Waals surface area contributed by atoms with E-state index in [1.54, 1.807) is 0 Å². The predicted molar refractivity (Wildman–Crippen MR) is 112 cm³/mol. The summed E-state index contributed by atoms with van der Waals surface area (Å²) in [5, 5.41) is 9.69. The fraction of sp³-hybridized carbons (Fsp3) is 0.700. The number of nitrogens with two attached hydrogens (primary N) is 1. The summed E-state index contributed by atoms with van der Waals surface area (Å²) in [7, 11) is 0. The van der Waals surface area contributed by atoms with Crippen molar-refractivity contribution in [2.75, 3.05) is 11.9 Å². The first kappa shape index (κ1) is 21.8. The molecule has 0 saturated carbocycles.